The number of hydrogen-bond acceptors (Lipinski definition) is 6. The van der Waals surface area contributed by atoms with E-state index in [0.29, 0.717) is 21.9 Å². The van der Waals surface area contributed by atoms with Crippen molar-refractivity contribution in [3.05, 3.63) is 71.8 Å². The van der Waals surface area contributed by atoms with Crippen molar-refractivity contribution in [3.8, 4) is 0 Å². The van der Waals surface area contributed by atoms with Crippen LogP contribution < -0.4 is 0 Å². The van der Waals surface area contributed by atoms with E-state index in [4.69, 9.17) is 59.2 Å². The molecule has 0 radical (unpaired) electrons. The van der Waals surface area contributed by atoms with Crippen LogP contribution in [0.3, 0.4) is 0 Å². The minimum Gasteiger partial charge on any atom is -0.411 e. The van der Waals surface area contributed by atoms with Crippen molar-refractivity contribution in [3.63, 3.8) is 0 Å². The smallest absolute Gasteiger partial charge is 0.411 e. The van der Waals surface area contributed by atoms with Crippen LogP contribution >= 0.6 is 24.4 Å². The van der Waals surface area contributed by atoms with Crippen molar-refractivity contribution in [1.29, 1.82) is 0 Å². The predicted molar refractivity (Wildman–Crippen MR) is 133 cm³/mol. The Kier molecular flexibility index (Phi) is 9.70. The van der Waals surface area contributed by atoms with Crippen molar-refractivity contribution in [1.82, 2.24) is 9.80 Å². The molecule has 0 aromatic heterocycles. The van der Waals surface area contributed by atoms with Gasteiger partial charge in [-0.05, 0) is 13.8 Å². The van der Waals surface area contributed by atoms with Gasteiger partial charge in [0.1, 0.15) is 0 Å². The number of thiocarbonyl (C=S) groups is 2. The monoisotopic (exact) mass is 540 g/mol. The summed E-state index contributed by atoms with van der Waals surface area (Å²) in [5.41, 5.74) is 1.21. The van der Waals surface area contributed by atoms with Crippen LogP contribution in [-0.2, 0) is 65.7 Å². The molecule has 2 unspecified atom stereocenters. The van der Waals surface area contributed by atoms with Crippen LogP contribution in [0.5, 0.6) is 0 Å². The molecule has 2 fully saturated rings. The van der Waals surface area contributed by atoms with Crippen molar-refractivity contribution >= 4 is 58.3 Å². The van der Waals surface area contributed by atoms with E-state index in [1.165, 1.54) is 0 Å². The largest absolute Gasteiger partial charge is 2.00 e. The fourth-order valence-electron chi connectivity index (χ4n) is 3.76. The van der Waals surface area contributed by atoms with Gasteiger partial charge in [-0.2, -0.15) is 0 Å². The molecule has 0 N–H and O–H groups in total. The number of nitrogens with zero attached hydrogens (tertiary/aromatic N) is 2. The third kappa shape index (κ3) is 5.77. The molecule has 4 nitrogen and oxygen atoms in total. The van der Waals surface area contributed by atoms with Crippen LogP contribution in [-0.4, -0.2) is 44.7 Å². The summed E-state index contributed by atoms with van der Waals surface area (Å²) in [4.78, 5) is 3.90. The van der Waals surface area contributed by atoms with Crippen LogP contribution in [0.25, 0.3) is 0 Å². The van der Waals surface area contributed by atoms with Gasteiger partial charge in [0, 0.05) is 24.2 Å². The van der Waals surface area contributed by atoms with Gasteiger partial charge in [0.2, 0.25) is 0 Å². The summed E-state index contributed by atoms with van der Waals surface area (Å²) in [5, 5.41) is 0. The van der Waals surface area contributed by atoms with Gasteiger partial charge in [0.25, 0.3) is 0 Å². The Morgan fingerprint density at radius 3 is 1.35 bits per heavy atom. The molecule has 2 aliphatic heterocycles. The number of benzene rings is 2. The first-order valence-corrected chi connectivity index (χ1v) is 11.3. The van der Waals surface area contributed by atoms with Crippen LogP contribution in [0.1, 0.15) is 25.0 Å². The summed E-state index contributed by atoms with van der Waals surface area (Å²) in [6.45, 7) is 6.90. The second kappa shape index (κ2) is 11.4. The van der Waals surface area contributed by atoms with Gasteiger partial charge in [0.05, 0.1) is 13.2 Å². The summed E-state index contributed by atoms with van der Waals surface area (Å²) in [6.07, 6.45) is 0. The van der Waals surface area contributed by atoms with Crippen molar-refractivity contribution in [2.45, 2.75) is 25.3 Å². The predicted octanol–water partition coefficient (Wildman–Crippen LogP) is 4.04. The molecule has 0 aliphatic carbocycles. The zero-order valence-electron chi connectivity index (χ0n) is 17.7. The van der Waals surface area contributed by atoms with E-state index in [0.717, 1.165) is 24.2 Å². The third-order valence-electron chi connectivity index (χ3n) is 5.49. The van der Waals surface area contributed by atoms with Crippen molar-refractivity contribution in [2.24, 2.45) is 0 Å². The number of ether oxygens (including phenoxy) is 2. The Hall–Kier alpha value is -0.797. The van der Waals surface area contributed by atoms with Gasteiger partial charge in [-0.1, -0.05) is 69.3 Å². The maximum atomic E-state index is 5.77. The SMILES string of the molecule is CC1(c2ccccc2)OCCN1C(=S)[S-].CC1(c2ccccc2)OCCN1C(=S)[S-].[Zn+2]. The number of rotatable bonds is 2. The Bertz CT molecular complexity index is 816. The molecular formula is C22H24N2O2S4Zn. The molecule has 0 spiro atoms. The van der Waals surface area contributed by atoms with E-state index in [1.54, 1.807) is 0 Å². The summed E-state index contributed by atoms with van der Waals surface area (Å²) in [5.74, 6) is 0. The topological polar surface area (TPSA) is 24.9 Å². The molecule has 31 heavy (non-hydrogen) atoms. The van der Waals surface area contributed by atoms with E-state index >= 15 is 0 Å². The minimum atomic E-state index is -0.486. The molecule has 2 heterocycles. The Morgan fingerprint density at radius 2 is 1.06 bits per heavy atom. The van der Waals surface area contributed by atoms with E-state index < -0.39 is 11.4 Å². The molecule has 4 rings (SSSR count). The van der Waals surface area contributed by atoms with Crippen molar-refractivity contribution < 1.29 is 29.0 Å². The molecular weight excluding hydrogens is 518 g/mol. The average molecular weight is 542 g/mol. The quantitative estimate of drug-likeness (QED) is 0.319. The van der Waals surface area contributed by atoms with Crippen LogP contribution in [0.15, 0.2) is 60.7 Å². The molecule has 0 amide bonds. The summed E-state index contributed by atoms with van der Waals surface area (Å²) in [6, 6.07) is 20.1. The first-order chi connectivity index (χ1) is 14.3. The second-order valence-corrected chi connectivity index (χ2v) is 9.29. The Morgan fingerprint density at radius 1 is 0.742 bits per heavy atom. The normalized spacial score (nSPS) is 24.7. The maximum absolute atomic E-state index is 5.77. The fraction of sp³-hybridized carbons (Fsp3) is 0.364. The zero-order valence-corrected chi connectivity index (χ0v) is 23.9. The molecule has 2 aliphatic rings. The van der Waals surface area contributed by atoms with Gasteiger partial charge < -0.3 is 69.0 Å². The van der Waals surface area contributed by atoms with E-state index in [9.17, 15) is 0 Å². The fourth-order valence-corrected chi connectivity index (χ4v) is 4.82. The molecule has 0 saturated carbocycles. The second-order valence-electron chi connectivity index (χ2n) is 7.23. The van der Waals surface area contributed by atoms with E-state index in [-0.39, 0.29) is 19.5 Å². The average Bonchev–Trinajstić information content (AvgIpc) is 3.34. The molecule has 2 aromatic rings. The van der Waals surface area contributed by atoms with Gasteiger partial charge in [-0.3, -0.25) is 0 Å². The zero-order chi connectivity index (χ0) is 21.8. The van der Waals surface area contributed by atoms with Crippen molar-refractivity contribution in [2.75, 3.05) is 26.3 Å². The first-order valence-electron chi connectivity index (χ1n) is 9.65. The Balaban J connectivity index is 0.000000213. The standard InChI is InChI=1S/2C11H13NOS2.Zn/c2*1-11(9-5-3-2-4-6-9)12(10(14)15)7-8-13-11;/h2*2-6H,7-8H2,1H3,(H,14,15);/q;;+2/p-2. The van der Waals surface area contributed by atoms with Crippen LogP contribution in [0, 0.1) is 0 Å². The number of hydrogen-bond donors (Lipinski definition) is 0. The summed E-state index contributed by atoms with van der Waals surface area (Å²) >= 11 is 20.3. The van der Waals surface area contributed by atoms with E-state index in [1.807, 2.05) is 84.3 Å². The minimum absolute atomic E-state index is 0. The molecule has 160 valence electrons. The molecule has 9 heteroatoms. The van der Waals surface area contributed by atoms with Gasteiger partial charge in [-0.15, -0.1) is 0 Å². The maximum Gasteiger partial charge on any atom is 2.00 e. The van der Waals surface area contributed by atoms with Gasteiger partial charge >= 0.3 is 19.5 Å². The third-order valence-corrected chi connectivity index (χ3v) is 6.37. The van der Waals surface area contributed by atoms with Crippen LogP contribution in [0.2, 0.25) is 0 Å². The van der Waals surface area contributed by atoms with E-state index in [2.05, 4.69) is 0 Å². The molecule has 2 atom stereocenters. The Labute approximate surface area is 219 Å². The summed E-state index contributed by atoms with van der Waals surface area (Å²) in [7, 11) is 0. The first kappa shape index (κ1) is 26.5. The van der Waals surface area contributed by atoms with Gasteiger partial charge in [-0.25, -0.2) is 0 Å². The molecule has 2 aromatic carbocycles. The molecule has 2 saturated heterocycles. The van der Waals surface area contributed by atoms with Gasteiger partial charge in [0.15, 0.2) is 11.4 Å². The molecule has 0 bridgehead atoms. The summed E-state index contributed by atoms with van der Waals surface area (Å²) < 4.78 is 12.5. The van der Waals surface area contributed by atoms with Crippen LogP contribution in [0.4, 0.5) is 0 Å².